The molecule has 4 heteroatoms. The smallest absolute Gasteiger partial charge is 0.217 e. The standard InChI is InChI=1S/C30H32N2O2/c1-32(2)20-19-30(33,26-17-11-6-12-18-26)28(24-15-9-5-10-16-24)27-21-25(22-31-29(27)34-3)23-13-7-4-8-14-23/h4-18,21-22,28,33H,19-20H2,1-3H3/t28-,30-/m1/s1. The molecular formula is C30H32N2O2. The molecule has 0 bridgehead atoms. The number of hydrogen-bond acceptors (Lipinski definition) is 4. The van der Waals surface area contributed by atoms with E-state index in [-0.39, 0.29) is 5.92 Å². The minimum absolute atomic E-state index is 0.387. The summed E-state index contributed by atoms with van der Waals surface area (Å²) in [6.45, 7) is 0.725. The molecule has 0 aliphatic rings. The minimum Gasteiger partial charge on any atom is -0.481 e. The molecule has 2 atom stereocenters. The maximum absolute atomic E-state index is 12.6. The second kappa shape index (κ2) is 10.6. The van der Waals surface area contributed by atoms with Crippen molar-refractivity contribution >= 4 is 0 Å². The van der Waals surface area contributed by atoms with Gasteiger partial charge in [0.05, 0.1) is 7.11 Å². The van der Waals surface area contributed by atoms with Crippen LogP contribution in [0.5, 0.6) is 5.88 Å². The van der Waals surface area contributed by atoms with Gasteiger partial charge in [0.2, 0.25) is 5.88 Å². The van der Waals surface area contributed by atoms with Crippen molar-refractivity contribution in [1.82, 2.24) is 9.88 Å². The van der Waals surface area contributed by atoms with Crippen molar-refractivity contribution in [2.24, 2.45) is 0 Å². The third-order valence-corrected chi connectivity index (χ3v) is 6.31. The normalized spacial score (nSPS) is 13.9. The Morgan fingerprint density at radius 2 is 1.44 bits per heavy atom. The van der Waals surface area contributed by atoms with E-state index < -0.39 is 5.60 Å². The molecule has 3 aromatic carbocycles. The van der Waals surface area contributed by atoms with Crippen LogP contribution >= 0.6 is 0 Å². The lowest BCUT2D eigenvalue weighted by Crippen LogP contribution is -2.37. The third kappa shape index (κ3) is 5.04. The van der Waals surface area contributed by atoms with Crippen molar-refractivity contribution in [2.75, 3.05) is 27.7 Å². The van der Waals surface area contributed by atoms with Crippen LogP contribution in [0.15, 0.2) is 103 Å². The maximum atomic E-state index is 12.6. The second-order valence-corrected chi connectivity index (χ2v) is 8.88. The number of aliphatic hydroxyl groups is 1. The van der Waals surface area contributed by atoms with Crippen LogP contribution in [0.2, 0.25) is 0 Å². The molecule has 4 nitrogen and oxygen atoms in total. The first-order valence-corrected chi connectivity index (χ1v) is 11.6. The molecule has 0 radical (unpaired) electrons. The van der Waals surface area contributed by atoms with Gasteiger partial charge in [-0.05, 0) is 43.3 Å². The molecule has 4 rings (SSSR count). The monoisotopic (exact) mass is 452 g/mol. The highest BCUT2D eigenvalue weighted by Gasteiger charge is 2.42. The Morgan fingerprint density at radius 1 is 0.853 bits per heavy atom. The van der Waals surface area contributed by atoms with Gasteiger partial charge in [-0.15, -0.1) is 0 Å². The second-order valence-electron chi connectivity index (χ2n) is 8.88. The van der Waals surface area contributed by atoms with Crippen LogP contribution in [-0.4, -0.2) is 42.7 Å². The molecule has 4 aromatic rings. The Kier molecular flexibility index (Phi) is 7.41. The van der Waals surface area contributed by atoms with Crippen LogP contribution in [0.3, 0.4) is 0 Å². The first-order chi connectivity index (χ1) is 16.5. The average Bonchev–Trinajstić information content (AvgIpc) is 2.89. The lowest BCUT2D eigenvalue weighted by atomic mass is 9.71. The number of hydrogen-bond donors (Lipinski definition) is 1. The van der Waals surface area contributed by atoms with Crippen molar-refractivity contribution in [3.63, 3.8) is 0 Å². The van der Waals surface area contributed by atoms with E-state index in [9.17, 15) is 5.11 Å². The molecule has 1 heterocycles. The quantitative estimate of drug-likeness (QED) is 0.352. The summed E-state index contributed by atoms with van der Waals surface area (Å²) in [6, 6.07) is 32.4. The predicted octanol–water partition coefficient (Wildman–Crippen LogP) is 5.73. The van der Waals surface area contributed by atoms with Gasteiger partial charge in [-0.2, -0.15) is 0 Å². The summed E-state index contributed by atoms with van der Waals surface area (Å²) in [4.78, 5) is 6.78. The van der Waals surface area contributed by atoms with Crippen LogP contribution in [0, 0.1) is 0 Å². The molecule has 34 heavy (non-hydrogen) atoms. The Labute approximate surface area is 202 Å². The van der Waals surface area contributed by atoms with Crippen LogP contribution in [0.4, 0.5) is 0 Å². The first-order valence-electron chi connectivity index (χ1n) is 11.6. The predicted molar refractivity (Wildman–Crippen MR) is 138 cm³/mol. The van der Waals surface area contributed by atoms with Crippen molar-refractivity contribution in [1.29, 1.82) is 0 Å². The fourth-order valence-corrected chi connectivity index (χ4v) is 4.57. The van der Waals surface area contributed by atoms with Crippen LogP contribution < -0.4 is 4.74 Å². The molecule has 0 amide bonds. The van der Waals surface area contributed by atoms with Crippen molar-refractivity contribution < 1.29 is 9.84 Å². The Hall–Kier alpha value is -3.47. The molecule has 0 aliphatic heterocycles. The summed E-state index contributed by atoms with van der Waals surface area (Å²) in [6.07, 6.45) is 2.38. The average molecular weight is 453 g/mol. The van der Waals surface area contributed by atoms with Crippen molar-refractivity contribution in [2.45, 2.75) is 17.9 Å². The van der Waals surface area contributed by atoms with E-state index in [4.69, 9.17) is 4.74 Å². The van der Waals surface area contributed by atoms with Crippen LogP contribution in [0.1, 0.15) is 29.0 Å². The number of methoxy groups -OCH3 is 1. The molecule has 0 fully saturated rings. The van der Waals surface area contributed by atoms with E-state index in [2.05, 4.69) is 40.2 Å². The number of rotatable bonds is 9. The summed E-state index contributed by atoms with van der Waals surface area (Å²) in [5.41, 5.74) is 3.62. The third-order valence-electron chi connectivity index (χ3n) is 6.31. The zero-order chi connectivity index (χ0) is 24.0. The van der Waals surface area contributed by atoms with E-state index in [1.807, 2.05) is 87.0 Å². The first kappa shape index (κ1) is 23.7. The summed E-state index contributed by atoms with van der Waals surface area (Å²) in [7, 11) is 5.69. The van der Waals surface area contributed by atoms with E-state index in [0.29, 0.717) is 12.3 Å². The van der Waals surface area contributed by atoms with Gasteiger partial charge in [-0.25, -0.2) is 4.98 Å². The van der Waals surface area contributed by atoms with Gasteiger partial charge in [0, 0.05) is 29.8 Å². The van der Waals surface area contributed by atoms with E-state index in [0.717, 1.165) is 34.4 Å². The zero-order valence-corrected chi connectivity index (χ0v) is 20.1. The highest BCUT2D eigenvalue weighted by Crippen LogP contribution is 2.47. The number of pyridine rings is 1. The van der Waals surface area contributed by atoms with Crippen molar-refractivity contribution in [3.05, 3.63) is 120 Å². The Bertz CT molecular complexity index is 1180. The molecule has 0 unspecified atom stereocenters. The number of nitrogens with zero attached hydrogens (tertiary/aromatic N) is 2. The molecular weight excluding hydrogens is 420 g/mol. The van der Waals surface area contributed by atoms with E-state index in [1.165, 1.54) is 0 Å². The summed E-state index contributed by atoms with van der Waals surface area (Å²) < 4.78 is 5.76. The highest BCUT2D eigenvalue weighted by molar-refractivity contribution is 5.65. The van der Waals surface area contributed by atoms with Gasteiger partial charge in [-0.3, -0.25) is 0 Å². The highest BCUT2D eigenvalue weighted by atomic mass is 16.5. The number of ether oxygens (including phenoxy) is 1. The topological polar surface area (TPSA) is 45.6 Å². The Morgan fingerprint density at radius 3 is 2.03 bits per heavy atom. The lowest BCUT2D eigenvalue weighted by molar-refractivity contribution is 0.00377. The molecule has 0 saturated heterocycles. The molecule has 174 valence electrons. The molecule has 0 spiro atoms. The summed E-state index contributed by atoms with van der Waals surface area (Å²) in [5, 5.41) is 12.6. The van der Waals surface area contributed by atoms with Gasteiger partial charge in [0.1, 0.15) is 5.60 Å². The fourth-order valence-electron chi connectivity index (χ4n) is 4.57. The van der Waals surface area contributed by atoms with Gasteiger partial charge in [0.25, 0.3) is 0 Å². The van der Waals surface area contributed by atoms with Crippen LogP contribution in [-0.2, 0) is 5.60 Å². The minimum atomic E-state index is -1.18. The lowest BCUT2D eigenvalue weighted by Gasteiger charge is -2.39. The van der Waals surface area contributed by atoms with E-state index in [1.54, 1.807) is 7.11 Å². The van der Waals surface area contributed by atoms with Gasteiger partial charge in [0.15, 0.2) is 0 Å². The van der Waals surface area contributed by atoms with Crippen LogP contribution in [0.25, 0.3) is 11.1 Å². The molecule has 1 N–H and O–H groups in total. The Balaban J connectivity index is 1.96. The van der Waals surface area contributed by atoms with Gasteiger partial charge in [-0.1, -0.05) is 91.0 Å². The maximum Gasteiger partial charge on any atom is 0.217 e. The van der Waals surface area contributed by atoms with Gasteiger partial charge >= 0.3 is 0 Å². The molecule has 1 aromatic heterocycles. The number of benzene rings is 3. The summed E-state index contributed by atoms with van der Waals surface area (Å²) in [5.74, 6) is 0.134. The van der Waals surface area contributed by atoms with E-state index >= 15 is 0 Å². The fraction of sp³-hybridized carbons (Fsp3) is 0.233. The largest absolute Gasteiger partial charge is 0.481 e. The van der Waals surface area contributed by atoms with Gasteiger partial charge < -0.3 is 14.7 Å². The summed E-state index contributed by atoms with van der Waals surface area (Å²) >= 11 is 0. The zero-order valence-electron chi connectivity index (χ0n) is 20.1. The molecule has 0 aliphatic carbocycles. The SMILES string of the molecule is COc1ncc(-c2ccccc2)cc1[C@@H](c1ccccc1)[C@@](O)(CCN(C)C)c1ccccc1. The van der Waals surface area contributed by atoms with Crippen molar-refractivity contribution in [3.8, 4) is 17.0 Å². The number of aromatic nitrogens is 1. The molecule has 0 saturated carbocycles.